The number of rotatable bonds is 0. The molecule has 4 nitrogen and oxygen atoms in total. The van der Waals surface area contributed by atoms with Gasteiger partial charge in [-0.1, -0.05) is 48.0 Å². The molecule has 2 aliphatic rings. The molecule has 0 bridgehead atoms. The molecule has 0 atom stereocenters. The van der Waals surface area contributed by atoms with Crippen LogP contribution in [0.3, 0.4) is 0 Å². The van der Waals surface area contributed by atoms with Gasteiger partial charge < -0.3 is 0 Å². The maximum atomic E-state index is 12.6. The van der Waals surface area contributed by atoms with Crippen LogP contribution in [0.25, 0.3) is 0 Å². The number of hydroxylamine groups is 4. The summed E-state index contributed by atoms with van der Waals surface area (Å²) in [5.41, 5.74) is 1.51. The van der Waals surface area contributed by atoms with Crippen LogP contribution in [-0.4, -0.2) is 32.3 Å². The molecule has 0 unspecified atom stereocenters. The average molecular weight is 431 g/mol. The molecule has 168 valence electrons. The Morgan fingerprint density at radius 3 is 1.28 bits per heavy atom. The molecule has 1 aromatic carbocycles. The van der Waals surface area contributed by atoms with Crippen LogP contribution in [0.2, 0.25) is 0 Å². The van der Waals surface area contributed by atoms with Gasteiger partial charge in [-0.2, -0.15) is 0 Å². The lowest BCUT2D eigenvalue weighted by molar-refractivity contribution is -0.262. The van der Waals surface area contributed by atoms with Gasteiger partial charge in [0.15, 0.2) is 0 Å². The summed E-state index contributed by atoms with van der Waals surface area (Å²) in [5.74, 6) is 13.2. The number of hydrogen-bond acceptors (Lipinski definition) is 2. The summed E-state index contributed by atoms with van der Waals surface area (Å²) in [5, 5.41) is 27.5. The minimum atomic E-state index is -0.590. The summed E-state index contributed by atoms with van der Waals surface area (Å²) in [6, 6.07) is 7.86. The van der Waals surface area contributed by atoms with E-state index >= 15 is 0 Å². The SMILES string of the molecule is CC1(C)C=C(C#Cc2ccccc2C#CC2=CC(C)(C)N([O])C(C)(C)C2)CC(C)(C)N1[O]. The second kappa shape index (κ2) is 8.22. The van der Waals surface area contributed by atoms with Crippen molar-refractivity contribution < 1.29 is 10.4 Å². The molecule has 4 heteroatoms. The Morgan fingerprint density at radius 1 is 0.625 bits per heavy atom. The van der Waals surface area contributed by atoms with Crippen molar-refractivity contribution in [3.8, 4) is 23.7 Å². The first-order valence-corrected chi connectivity index (χ1v) is 11.2. The van der Waals surface area contributed by atoms with Crippen molar-refractivity contribution in [1.29, 1.82) is 0 Å². The highest BCUT2D eigenvalue weighted by atomic mass is 16.5. The zero-order valence-corrected chi connectivity index (χ0v) is 20.6. The first-order valence-electron chi connectivity index (χ1n) is 11.2. The normalized spacial score (nSPS) is 23.7. The Labute approximate surface area is 193 Å². The van der Waals surface area contributed by atoms with Crippen LogP contribution in [-0.2, 0) is 10.4 Å². The molecule has 0 saturated heterocycles. The van der Waals surface area contributed by atoms with E-state index in [1.165, 1.54) is 0 Å². The summed E-state index contributed by atoms with van der Waals surface area (Å²) in [6.07, 6.45) is 5.17. The summed E-state index contributed by atoms with van der Waals surface area (Å²) < 4.78 is 0. The Balaban J connectivity index is 1.92. The van der Waals surface area contributed by atoms with Crippen LogP contribution in [0.1, 0.15) is 79.4 Å². The van der Waals surface area contributed by atoms with E-state index in [-0.39, 0.29) is 0 Å². The largest absolute Gasteiger partial charge is 0.140 e. The molecular formula is C28H34N2O2. The van der Waals surface area contributed by atoms with Gasteiger partial charge in [0.2, 0.25) is 0 Å². The van der Waals surface area contributed by atoms with Crippen molar-refractivity contribution in [1.82, 2.24) is 10.1 Å². The highest BCUT2D eigenvalue weighted by Crippen LogP contribution is 2.36. The molecule has 0 fully saturated rings. The molecule has 0 spiro atoms. The maximum Gasteiger partial charge on any atom is 0.0634 e. The monoisotopic (exact) mass is 430 g/mol. The van der Waals surface area contributed by atoms with Gasteiger partial charge in [0.1, 0.15) is 0 Å². The number of hydrogen-bond donors (Lipinski definition) is 0. The highest BCUT2D eigenvalue weighted by molar-refractivity contribution is 5.54. The van der Waals surface area contributed by atoms with Crippen molar-refractivity contribution in [3.63, 3.8) is 0 Å². The van der Waals surface area contributed by atoms with Crippen LogP contribution in [0, 0.1) is 23.7 Å². The fourth-order valence-corrected chi connectivity index (χ4v) is 4.86. The van der Waals surface area contributed by atoms with Crippen LogP contribution >= 0.6 is 0 Å². The fraction of sp³-hybridized carbons (Fsp3) is 0.500. The van der Waals surface area contributed by atoms with Crippen molar-refractivity contribution >= 4 is 0 Å². The van der Waals surface area contributed by atoms with Crippen molar-refractivity contribution in [2.75, 3.05) is 0 Å². The summed E-state index contributed by atoms with van der Waals surface area (Å²) in [6.45, 7) is 15.5. The fourth-order valence-electron chi connectivity index (χ4n) is 4.86. The third-order valence-electron chi connectivity index (χ3n) is 6.09. The van der Waals surface area contributed by atoms with E-state index in [1.807, 2.05) is 91.8 Å². The molecule has 2 aliphatic heterocycles. The van der Waals surface area contributed by atoms with Gasteiger partial charge in [-0.15, -0.1) is 20.5 Å². The van der Waals surface area contributed by atoms with Crippen molar-refractivity contribution in [2.45, 2.75) is 90.4 Å². The molecule has 32 heavy (non-hydrogen) atoms. The Morgan fingerprint density at radius 2 is 0.969 bits per heavy atom. The van der Waals surface area contributed by atoms with E-state index in [0.29, 0.717) is 12.8 Å². The first-order chi connectivity index (χ1) is 14.6. The van der Waals surface area contributed by atoms with Crippen LogP contribution in [0.15, 0.2) is 47.6 Å². The Bertz CT molecular complexity index is 995. The standard InChI is InChI=1S/C28H34N2O2/c1-25(2)17-21(18-26(3,4)29(25)31)13-15-23-11-9-10-12-24(23)16-14-22-19-27(5,6)30(32)28(7,8)20-22/h9-12,17,19H,18,20H2,1-8H3. The number of nitrogens with zero attached hydrogens (tertiary/aromatic N) is 2. The van der Waals surface area contributed by atoms with E-state index in [0.717, 1.165) is 32.4 Å². The van der Waals surface area contributed by atoms with E-state index in [9.17, 15) is 10.4 Å². The van der Waals surface area contributed by atoms with Crippen molar-refractivity contribution in [3.05, 3.63) is 58.7 Å². The smallest absolute Gasteiger partial charge is 0.0634 e. The van der Waals surface area contributed by atoms with Gasteiger partial charge in [0, 0.05) is 46.2 Å². The van der Waals surface area contributed by atoms with E-state index in [2.05, 4.69) is 23.7 Å². The van der Waals surface area contributed by atoms with Gasteiger partial charge in [-0.3, -0.25) is 0 Å². The average Bonchev–Trinajstić information content (AvgIpc) is 2.67. The minimum Gasteiger partial charge on any atom is -0.140 e. The molecule has 0 amide bonds. The highest BCUT2D eigenvalue weighted by Gasteiger charge is 2.42. The molecule has 3 rings (SSSR count). The Hall–Kier alpha value is -2.34. The second-order valence-corrected chi connectivity index (χ2v) is 11.3. The molecule has 1 aromatic rings. The maximum absolute atomic E-state index is 12.6. The van der Waals surface area contributed by atoms with E-state index < -0.39 is 22.2 Å². The molecule has 2 heterocycles. The van der Waals surface area contributed by atoms with Crippen LogP contribution in [0.4, 0.5) is 0 Å². The third kappa shape index (κ3) is 5.01. The van der Waals surface area contributed by atoms with Gasteiger partial charge >= 0.3 is 0 Å². The third-order valence-corrected chi connectivity index (χ3v) is 6.09. The minimum absolute atomic E-state index is 0.496. The molecular weight excluding hydrogens is 396 g/mol. The van der Waals surface area contributed by atoms with Gasteiger partial charge in [-0.05, 0) is 67.5 Å². The number of benzene rings is 1. The van der Waals surface area contributed by atoms with E-state index in [1.54, 1.807) is 0 Å². The summed E-state index contributed by atoms with van der Waals surface area (Å²) in [4.78, 5) is 0. The zero-order valence-electron chi connectivity index (χ0n) is 20.6. The molecule has 0 aromatic heterocycles. The molecule has 2 radical (unpaired) electrons. The van der Waals surface area contributed by atoms with E-state index in [4.69, 9.17) is 0 Å². The lowest BCUT2D eigenvalue weighted by atomic mass is 9.83. The molecule has 0 aliphatic carbocycles. The van der Waals surface area contributed by atoms with Crippen molar-refractivity contribution in [2.24, 2.45) is 0 Å². The zero-order chi connectivity index (χ0) is 23.9. The van der Waals surface area contributed by atoms with Crippen LogP contribution < -0.4 is 0 Å². The lowest BCUT2D eigenvalue weighted by Gasteiger charge is -2.44. The molecule has 0 N–H and O–H groups in total. The predicted octanol–water partition coefficient (Wildman–Crippen LogP) is 5.46. The van der Waals surface area contributed by atoms with Gasteiger partial charge in [0.05, 0.1) is 11.1 Å². The second-order valence-electron chi connectivity index (χ2n) is 11.3. The predicted molar refractivity (Wildman–Crippen MR) is 127 cm³/mol. The van der Waals surface area contributed by atoms with Crippen LogP contribution in [0.5, 0.6) is 0 Å². The summed E-state index contributed by atoms with van der Waals surface area (Å²) in [7, 11) is 0. The van der Waals surface area contributed by atoms with Gasteiger partial charge in [0.25, 0.3) is 0 Å². The summed E-state index contributed by atoms with van der Waals surface area (Å²) >= 11 is 0. The topological polar surface area (TPSA) is 46.3 Å². The lowest BCUT2D eigenvalue weighted by Crippen LogP contribution is -2.54. The quantitative estimate of drug-likeness (QED) is 0.513. The Kier molecular flexibility index (Phi) is 6.24. The first kappa shape index (κ1) is 24.3. The van der Waals surface area contributed by atoms with Gasteiger partial charge in [-0.25, -0.2) is 0 Å². The molecule has 0 saturated carbocycles.